The Morgan fingerprint density at radius 1 is 1.22 bits per heavy atom. The van der Waals surface area contributed by atoms with Crippen LogP contribution < -0.4 is 16.0 Å². The van der Waals surface area contributed by atoms with Gasteiger partial charge in [0, 0.05) is 6.04 Å². The van der Waals surface area contributed by atoms with Crippen LogP contribution in [-0.2, 0) is 14.3 Å². The molecule has 1 aromatic rings. The lowest BCUT2D eigenvalue weighted by Crippen LogP contribution is -2.47. The molecule has 1 saturated carbocycles. The maximum atomic E-state index is 12.2. The fourth-order valence-corrected chi connectivity index (χ4v) is 2.80. The molecule has 0 saturated heterocycles. The second-order valence-electron chi connectivity index (χ2n) is 6.78. The zero-order valence-corrected chi connectivity index (χ0v) is 15.4. The summed E-state index contributed by atoms with van der Waals surface area (Å²) >= 11 is 0. The predicted molar refractivity (Wildman–Crippen MR) is 94.7 cm³/mol. The van der Waals surface area contributed by atoms with E-state index in [0.717, 1.165) is 25.7 Å². The highest BCUT2D eigenvalue weighted by molar-refractivity contribution is 5.97. The summed E-state index contributed by atoms with van der Waals surface area (Å²) < 4.78 is 9.92. The first kappa shape index (κ1) is 20.5. The summed E-state index contributed by atoms with van der Waals surface area (Å²) in [6.45, 7) is 2.84. The minimum absolute atomic E-state index is 0.0646. The third kappa shape index (κ3) is 6.43. The summed E-state index contributed by atoms with van der Waals surface area (Å²) in [6, 6.07) is 1.53. The Kier molecular flexibility index (Phi) is 7.39. The van der Waals surface area contributed by atoms with E-state index in [4.69, 9.17) is 9.15 Å². The highest BCUT2D eigenvalue weighted by Gasteiger charge is 2.28. The normalized spacial score (nSPS) is 15.2. The number of ether oxygens (including phenoxy) is 1. The molecule has 1 aromatic heterocycles. The number of carbonyl (C=O) groups is 4. The van der Waals surface area contributed by atoms with Gasteiger partial charge in [0.15, 0.2) is 12.4 Å². The van der Waals surface area contributed by atoms with Crippen molar-refractivity contribution in [3.8, 4) is 0 Å². The number of nitrogens with one attached hydrogen (secondary N) is 3. The SMILES string of the molecule is CC(C)[C@H](NC(=O)c1ccco1)C(=O)OCC(=O)NC(=O)NC1CCCC1. The highest BCUT2D eigenvalue weighted by atomic mass is 16.5. The lowest BCUT2D eigenvalue weighted by atomic mass is 10.0. The monoisotopic (exact) mass is 379 g/mol. The second-order valence-corrected chi connectivity index (χ2v) is 6.78. The van der Waals surface area contributed by atoms with Gasteiger partial charge in [0.05, 0.1) is 6.26 Å². The van der Waals surface area contributed by atoms with Crippen LogP contribution in [-0.4, -0.2) is 42.5 Å². The summed E-state index contributed by atoms with van der Waals surface area (Å²) in [5.41, 5.74) is 0. The van der Waals surface area contributed by atoms with Crippen LogP contribution in [0.1, 0.15) is 50.1 Å². The van der Waals surface area contributed by atoms with E-state index in [1.54, 1.807) is 19.9 Å². The largest absolute Gasteiger partial charge is 0.459 e. The summed E-state index contributed by atoms with van der Waals surface area (Å²) in [6.07, 6.45) is 5.23. The lowest BCUT2D eigenvalue weighted by Gasteiger charge is -2.20. The third-order valence-electron chi connectivity index (χ3n) is 4.24. The molecule has 0 unspecified atom stereocenters. The van der Waals surface area contributed by atoms with Crippen LogP contribution >= 0.6 is 0 Å². The van der Waals surface area contributed by atoms with Gasteiger partial charge in [0.2, 0.25) is 0 Å². The molecule has 148 valence electrons. The minimum atomic E-state index is -0.956. The lowest BCUT2D eigenvalue weighted by molar-refractivity contribution is -0.151. The second kappa shape index (κ2) is 9.75. The predicted octanol–water partition coefficient (Wildman–Crippen LogP) is 1.35. The molecular formula is C18H25N3O6. The molecule has 9 nitrogen and oxygen atoms in total. The Morgan fingerprint density at radius 2 is 1.93 bits per heavy atom. The maximum absolute atomic E-state index is 12.2. The standard InChI is InChI=1S/C18H25N3O6/c1-11(2)15(21-16(23)13-8-5-9-26-13)17(24)27-10-14(22)20-18(25)19-12-6-3-4-7-12/h5,8-9,11-12,15H,3-4,6-7,10H2,1-2H3,(H,21,23)(H2,19,20,22,25)/t15-/m0/s1. The molecule has 4 amide bonds. The van der Waals surface area contributed by atoms with Crippen molar-refractivity contribution in [2.24, 2.45) is 5.92 Å². The fraction of sp³-hybridized carbons (Fsp3) is 0.556. The Morgan fingerprint density at radius 3 is 2.52 bits per heavy atom. The minimum Gasteiger partial charge on any atom is -0.459 e. The number of carbonyl (C=O) groups excluding carboxylic acids is 4. The number of esters is 1. The molecule has 0 bridgehead atoms. The van der Waals surface area contributed by atoms with E-state index < -0.39 is 36.5 Å². The van der Waals surface area contributed by atoms with E-state index in [9.17, 15) is 19.2 Å². The zero-order valence-electron chi connectivity index (χ0n) is 15.4. The van der Waals surface area contributed by atoms with Gasteiger partial charge < -0.3 is 19.8 Å². The molecule has 0 aromatic carbocycles. The van der Waals surface area contributed by atoms with Crippen molar-refractivity contribution in [3.05, 3.63) is 24.2 Å². The molecule has 0 aliphatic heterocycles. The van der Waals surface area contributed by atoms with Crippen molar-refractivity contribution in [2.45, 2.75) is 51.6 Å². The number of urea groups is 1. The summed E-state index contributed by atoms with van der Waals surface area (Å²) in [4.78, 5) is 47.7. The van der Waals surface area contributed by atoms with Gasteiger partial charge in [-0.25, -0.2) is 9.59 Å². The van der Waals surface area contributed by atoms with Crippen molar-refractivity contribution in [3.63, 3.8) is 0 Å². The molecule has 0 radical (unpaired) electrons. The van der Waals surface area contributed by atoms with Crippen LogP contribution in [0.3, 0.4) is 0 Å². The van der Waals surface area contributed by atoms with Crippen molar-refractivity contribution in [1.82, 2.24) is 16.0 Å². The number of furan rings is 1. The van der Waals surface area contributed by atoms with Gasteiger partial charge in [-0.15, -0.1) is 0 Å². The smallest absolute Gasteiger partial charge is 0.329 e. The summed E-state index contributed by atoms with van der Waals surface area (Å²) in [5.74, 6) is -2.27. The van der Waals surface area contributed by atoms with E-state index in [1.807, 2.05) is 0 Å². The van der Waals surface area contributed by atoms with Crippen LogP contribution in [0, 0.1) is 5.92 Å². The Bertz CT molecular complexity index is 665. The Hall–Kier alpha value is -2.84. The molecule has 1 heterocycles. The van der Waals surface area contributed by atoms with Crippen LogP contribution in [0.25, 0.3) is 0 Å². The molecule has 1 atom stereocenters. The quantitative estimate of drug-likeness (QED) is 0.614. The van der Waals surface area contributed by atoms with Crippen LogP contribution in [0.4, 0.5) is 4.79 Å². The maximum Gasteiger partial charge on any atom is 0.329 e. The van der Waals surface area contributed by atoms with E-state index in [-0.39, 0.29) is 17.7 Å². The van der Waals surface area contributed by atoms with Crippen LogP contribution in [0.5, 0.6) is 0 Å². The first-order valence-electron chi connectivity index (χ1n) is 8.98. The molecule has 1 aliphatic carbocycles. The first-order valence-corrected chi connectivity index (χ1v) is 8.98. The number of rotatable bonds is 7. The average Bonchev–Trinajstić information content (AvgIpc) is 3.30. The van der Waals surface area contributed by atoms with Crippen molar-refractivity contribution in [1.29, 1.82) is 0 Å². The van der Waals surface area contributed by atoms with E-state index >= 15 is 0 Å². The van der Waals surface area contributed by atoms with Crippen LogP contribution in [0.2, 0.25) is 0 Å². The van der Waals surface area contributed by atoms with Gasteiger partial charge in [0.25, 0.3) is 11.8 Å². The molecule has 9 heteroatoms. The van der Waals surface area contributed by atoms with E-state index in [0.29, 0.717) is 0 Å². The van der Waals surface area contributed by atoms with Gasteiger partial charge in [-0.1, -0.05) is 26.7 Å². The fourth-order valence-electron chi connectivity index (χ4n) is 2.80. The molecule has 3 N–H and O–H groups in total. The van der Waals surface area contributed by atoms with Gasteiger partial charge in [-0.3, -0.25) is 14.9 Å². The van der Waals surface area contributed by atoms with Gasteiger partial charge in [-0.2, -0.15) is 0 Å². The number of hydrogen-bond acceptors (Lipinski definition) is 6. The molecule has 1 aliphatic rings. The first-order chi connectivity index (χ1) is 12.9. The molecule has 2 rings (SSSR count). The summed E-state index contributed by atoms with van der Waals surface area (Å²) in [7, 11) is 0. The molecular weight excluding hydrogens is 354 g/mol. The van der Waals surface area contributed by atoms with Crippen molar-refractivity contribution < 1.29 is 28.3 Å². The third-order valence-corrected chi connectivity index (χ3v) is 4.24. The van der Waals surface area contributed by atoms with Crippen molar-refractivity contribution in [2.75, 3.05) is 6.61 Å². The van der Waals surface area contributed by atoms with E-state index in [2.05, 4.69) is 16.0 Å². The van der Waals surface area contributed by atoms with Gasteiger partial charge >= 0.3 is 12.0 Å². The van der Waals surface area contributed by atoms with E-state index in [1.165, 1.54) is 12.3 Å². The zero-order chi connectivity index (χ0) is 19.8. The molecule has 0 spiro atoms. The topological polar surface area (TPSA) is 127 Å². The summed E-state index contributed by atoms with van der Waals surface area (Å²) in [5, 5.41) is 7.34. The Labute approximate surface area is 157 Å². The number of hydrogen-bond donors (Lipinski definition) is 3. The van der Waals surface area contributed by atoms with Crippen molar-refractivity contribution >= 4 is 23.8 Å². The molecule has 1 fully saturated rings. The van der Waals surface area contributed by atoms with Gasteiger partial charge in [-0.05, 0) is 30.9 Å². The number of imide groups is 1. The Balaban J connectivity index is 1.77. The highest BCUT2D eigenvalue weighted by Crippen LogP contribution is 2.17. The molecule has 27 heavy (non-hydrogen) atoms. The van der Waals surface area contributed by atoms with Crippen LogP contribution in [0.15, 0.2) is 22.8 Å². The van der Waals surface area contributed by atoms with Gasteiger partial charge in [0.1, 0.15) is 6.04 Å². The average molecular weight is 379 g/mol. The number of amides is 4.